The fraction of sp³-hybridized carbons (Fsp3) is 0.364. The first-order valence-electron chi connectivity index (χ1n) is 5.12. The topological polar surface area (TPSA) is 43.6 Å². The maximum atomic E-state index is 4.46. The lowest BCUT2D eigenvalue weighted by atomic mass is 10.2. The van der Waals surface area contributed by atoms with Gasteiger partial charge in [-0.2, -0.15) is 5.10 Å². The molecule has 0 fully saturated rings. The maximum absolute atomic E-state index is 4.46. The van der Waals surface area contributed by atoms with Crippen molar-refractivity contribution in [3.63, 3.8) is 0 Å². The van der Waals surface area contributed by atoms with Crippen LogP contribution in [0, 0.1) is 10.6 Å². The lowest BCUT2D eigenvalue weighted by molar-refractivity contribution is 0.529. The minimum atomic E-state index is 0.366. The van der Waals surface area contributed by atoms with E-state index >= 15 is 0 Å². The van der Waals surface area contributed by atoms with Gasteiger partial charge in [-0.3, -0.25) is 4.68 Å². The van der Waals surface area contributed by atoms with Crippen molar-refractivity contribution in [2.45, 2.75) is 26.8 Å². The molecule has 16 heavy (non-hydrogen) atoms. The molecule has 4 nitrogen and oxygen atoms in total. The highest BCUT2D eigenvalue weighted by Gasteiger charge is 2.11. The van der Waals surface area contributed by atoms with Gasteiger partial charge < -0.3 is 0 Å². The Labute approximate surface area is 108 Å². The van der Waals surface area contributed by atoms with Crippen LogP contribution in [0.25, 0.3) is 11.3 Å². The molecule has 0 aliphatic heterocycles. The lowest BCUT2D eigenvalue weighted by Crippen LogP contribution is -2.00. The summed E-state index contributed by atoms with van der Waals surface area (Å²) in [4.78, 5) is 8.50. The van der Waals surface area contributed by atoms with E-state index in [1.807, 2.05) is 23.9 Å². The van der Waals surface area contributed by atoms with Crippen molar-refractivity contribution in [2.24, 2.45) is 0 Å². The fourth-order valence-corrected chi connectivity index (χ4v) is 2.08. The van der Waals surface area contributed by atoms with Gasteiger partial charge in [0.1, 0.15) is 9.53 Å². The molecule has 0 aliphatic rings. The molecule has 2 aromatic heterocycles. The molecule has 2 heterocycles. The van der Waals surface area contributed by atoms with Gasteiger partial charge in [-0.05, 0) is 49.4 Å². The Morgan fingerprint density at radius 3 is 2.69 bits per heavy atom. The Hall–Kier alpha value is -0.980. The molecule has 0 bridgehead atoms. The summed E-state index contributed by atoms with van der Waals surface area (Å²) in [6.07, 6.45) is 3.81. The van der Waals surface area contributed by atoms with Crippen LogP contribution in [0.5, 0.6) is 0 Å². The Balaban J connectivity index is 2.48. The summed E-state index contributed by atoms with van der Waals surface area (Å²) in [7, 11) is 0. The van der Waals surface area contributed by atoms with E-state index in [-0.39, 0.29) is 0 Å². The fourth-order valence-electron chi connectivity index (χ4n) is 1.41. The van der Waals surface area contributed by atoms with Crippen molar-refractivity contribution in [1.82, 2.24) is 19.7 Å². The molecule has 0 spiro atoms. The number of aromatic nitrogens is 4. The van der Waals surface area contributed by atoms with E-state index in [2.05, 4.69) is 51.5 Å². The average Bonchev–Trinajstić information content (AvgIpc) is 2.60. The number of nitrogens with zero attached hydrogens (tertiary/aromatic N) is 4. The third-order valence-corrected chi connectivity index (χ3v) is 3.06. The molecule has 0 aromatic carbocycles. The van der Waals surface area contributed by atoms with E-state index < -0.39 is 0 Å². The van der Waals surface area contributed by atoms with Gasteiger partial charge in [-0.15, -0.1) is 0 Å². The third-order valence-electron chi connectivity index (χ3n) is 2.27. The first kappa shape index (κ1) is 11.5. The second kappa shape index (κ2) is 4.48. The van der Waals surface area contributed by atoms with Crippen LogP contribution in [-0.2, 0) is 0 Å². The first-order valence-corrected chi connectivity index (χ1v) is 6.20. The molecule has 84 valence electrons. The Bertz CT molecular complexity index is 504. The predicted molar refractivity (Wildman–Crippen MR) is 71.1 cm³/mol. The Morgan fingerprint density at radius 1 is 1.38 bits per heavy atom. The molecule has 0 saturated carbocycles. The molecular formula is C11H13IN4. The van der Waals surface area contributed by atoms with Gasteiger partial charge in [-0.1, -0.05) is 0 Å². The lowest BCUT2D eigenvalue weighted by Gasteiger charge is -2.02. The van der Waals surface area contributed by atoms with E-state index in [0.29, 0.717) is 6.04 Å². The van der Waals surface area contributed by atoms with Crippen molar-refractivity contribution in [1.29, 1.82) is 0 Å². The molecule has 2 aromatic rings. The number of halogens is 1. The zero-order valence-electron chi connectivity index (χ0n) is 9.48. The molecule has 0 atom stereocenters. The second-order valence-electron chi connectivity index (χ2n) is 3.90. The summed E-state index contributed by atoms with van der Waals surface area (Å²) < 4.78 is 2.93. The van der Waals surface area contributed by atoms with Crippen LogP contribution in [-0.4, -0.2) is 19.7 Å². The summed E-state index contributed by atoms with van der Waals surface area (Å²) in [6.45, 7) is 6.11. The number of hydrogen-bond acceptors (Lipinski definition) is 3. The van der Waals surface area contributed by atoms with Gasteiger partial charge in [0.2, 0.25) is 0 Å². The highest BCUT2D eigenvalue weighted by molar-refractivity contribution is 14.1. The monoisotopic (exact) mass is 328 g/mol. The maximum Gasteiger partial charge on any atom is 0.132 e. The highest BCUT2D eigenvalue weighted by Crippen LogP contribution is 2.23. The third kappa shape index (κ3) is 2.23. The largest absolute Gasteiger partial charge is 0.268 e. The number of hydrogen-bond donors (Lipinski definition) is 0. The van der Waals surface area contributed by atoms with Crippen molar-refractivity contribution in [3.8, 4) is 11.3 Å². The molecule has 0 amide bonds. The van der Waals surface area contributed by atoms with E-state index in [9.17, 15) is 0 Å². The average molecular weight is 328 g/mol. The van der Waals surface area contributed by atoms with E-state index in [4.69, 9.17) is 0 Å². The molecule has 2 rings (SSSR count). The highest BCUT2D eigenvalue weighted by atomic mass is 127. The van der Waals surface area contributed by atoms with E-state index in [1.165, 1.54) is 0 Å². The summed E-state index contributed by atoms with van der Waals surface area (Å²) in [5.74, 6) is 0.783. The molecule has 0 aliphatic carbocycles. The minimum absolute atomic E-state index is 0.366. The van der Waals surface area contributed by atoms with Gasteiger partial charge in [0.05, 0.1) is 11.3 Å². The van der Waals surface area contributed by atoms with Crippen molar-refractivity contribution < 1.29 is 0 Å². The van der Waals surface area contributed by atoms with Crippen LogP contribution in [0.3, 0.4) is 0 Å². The van der Waals surface area contributed by atoms with Gasteiger partial charge in [0.25, 0.3) is 0 Å². The predicted octanol–water partition coefficient (Wildman–Crippen LogP) is 2.83. The molecule has 5 heteroatoms. The molecule has 0 N–H and O–H groups in total. The van der Waals surface area contributed by atoms with Crippen molar-refractivity contribution in [3.05, 3.63) is 28.0 Å². The van der Waals surface area contributed by atoms with Gasteiger partial charge >= 0.3 is 0 Å². The number of rotatable bonds is 2. The molecule has 0 saturated heterocycles. The van der Waals surface area contributed by atoms with E-state index in [1.54, 1.807) is 6.20 Å². The van der Waals surface area contributed by atoms with Crippen molar-refractivity contribution in [2.75, 3.05) is 0 Å². The van der Waals surface area contributed by atoms with Crippen LogP contribution >= 0.6 is 22.6 Å². The van der Waals surface area contributed by atoms with Crippen LogP contribution in [0.1, 0.15) is 25.7 Å². The zero-order valence-corrected chi connectivity index (χ0v) is 11.6. The zero-order chi connectivity index (χ0) is 11.7. The van der Waals surface area contributed by atoms with Crippen LogP contribution in [0.2, 0.25) is 0 Å². The molecule has 0 unspecified atom stereocenters. The molecule has 0 radical (unpaired) electrons. The van der Waals surface area contributed by atoms with Crippen molar-refractivity contribution >= 4 is 22.6 Å². The summed E-state index contributed by atoms with van der Waals surface area (Å²) in [5.41, 5.74) is 2.00. The number of aryl methyl sites for hydroxylation is 1. The Kier molecular flexibility index (Phi) is 3.22. The van der Waals surface area contributed by atoms with E-state index in [0.717, 1.165) is 20.8 Å². The standard InChI is InChI=1S/C11H13IN4/c1-7(2)16-6-9(11(12)15-16)10-4-5-13-8(3)14-10/h4-7H,1-3H3. The Morgan fingerprint density at radius 2 is 2.12 bits per heavy atom. The second-order valence-corrected chi connectivity index (χ2v) is 4.92. The van der Waals surface area contributed by atoms with Crippen LogP contribution < -0.4 is 0 Å². The first-order chi connectivity index (χ1) is 7.58. The van der Waals surface area contributed by atoms with Crippen LogP contribution in [0.15, 0.2) is 18.5 Å². The normalized spacial score (nSPS) is 11.1. The summed E-state index contributed by atoms with van der Waals surface area (Å²) in [6, 6.07) is 2.28. The smallest absolute Gasteiger partial charge is 0.132 e. The molecular weight excluding hydrogens is 315 g/mol. The minimum Gasteiger partial charge on any atom is -0.268 e. The quantitative estimate of drug-likeness (QED) is 0.796. The van der Waals surface area contributed by atoms with Gasteiger partial charge in [0.15, 0.2) is 0 Å². The van der Waals surface area contributed by atoms with Crippen LogP contribution in [0.4, 0.5) is 0 Å². The summed E-state index contributed by atoms with van der Waals surface area (Å²) in [5, 5.41) is 4.46. The van der Waals surface area contributed by atoms with Gasteiger partial charge in [0, 0.05) is 18.4 Å². The SMILES string of the molecule is Cc1nccc(-c2cn(C(C)C)nc2I)n1. The summed E-state index contributed by atoms with van der Waals surface area (Å²) >= 11 is 2.24. The van der Waals surface area contributed by atoms with Gasteiger partial charge in [-0.25, -0.2) is 9.97 Å².